The van der Waals surface area contributed by atoms with E-state index in [1.807, 2.05) is 16.4 Å². The van der Waals surface area contributed by atoms with Crippen LogP contribution in [-0.4, -0.2) is 39.1 Å². The fourth-order valence-corrected chi connectivity index (χ4v) is 2.35. The smallest absolute Gasteiger partial charge is 0.360 e. The Kier molecular flexibility index (Phi) is 6.91. The highest BCUT2D eigenvalue weighted by Crippen LogP contribution is 2.14. The molecule has 0 aliphatic heterocycles. The number of esters is 1. The number of hydrogen-bond acceptors (Lipinski definition) is 5. The number of carbonyl (C=O) groups is 1. The molecule has 0 saturated heterocycles. The Labute approximate surface area is 119 Å². The molecule has 0 atom stereocenters. The normalized spacial score (nSPS) is 11.0. The van der Waals surface area contributed by atoms with Crippen LogP contribution < -0.4 is 0 Å². The summed E-state index contributed by atoms with van der Waals surface area (Å²) in [6, 6.07) is 0. The van der Waals surface area contributed by atoms with E-state index in [0.29, 0.717) is 18.2 Å². The summed E-state index contributed by atoms with van der Waals surface area (Å²) in [6.07, 6.45) is 0.790. The molecule has 6 heteroatoms. The van der Waals surface area contributed by atoms with Gasteiger partial charge in [0.2, 0.25) is 0 Å². The summed E-state index contributed by atoms with van der Waals surface area (Å²) in [7, 11) is 0. The second-order valence-corrected chi connectivity index (χ2v) is 6.02. The monoisotopic (exact) mass is 285 g/mol. The summed E-state index contributed by atoms with van der Waals surface area (Å²) in [6.45, 7) is 9.30. The topological polar surface area (TPSA) is 57.0 Å². The first-order chi connectivity index (χ1) is 9.10. The minimum Gasteiger partial charge on any atom is -0.461 e. The summed E-state index contributed by atoms with van der Waals surface area (Å²) in [5.41, 5.74) is 1.27. The van der Waals surface area contributed by atoms with Crippen molar-refractivity contribution < 1.29 is 9.53 Å². The lowest BCUT2D eigenvalue weighted by atomic mass is 10.1. The van der Waals surface area contributed by atoms with E-state index in [1.165, 1.54) is 0 Å². The lowest BCUT2D eigenvalue weighted by Gasteiger charge is -2.09. The van der Waals surface area contributed by atoms with E-state index < -0.39 is 0 Å². The van der Waals surface area contributed by atoms with Crippen LogP contribution in [0.3, 0.4) is 0 Å². The molecule has 1 rings (SSSR count). The first kappa shape index (κ1) is 16.0. The first-order valence-electron chi connectivity index (χ1n) is 6.77. The maximum Gasteiger partial charge on any atom is 0.360 e. The number of rotatable bonds is 8. The van der Waals surface area contributed by atoms with Gasteiger partial charge in [-0.3, -0.25) is 0 Å². The molecule has 108 valence electrons. The zero-order valence-corrected chi connectivity index (χ0v) is 13.0. The van der Waals surface area contributed by atoms with Gasteiger partial charge in [-0.1, -0.05) is 26.0 Å². The molecule has 0 bridgehead atoms. The Morgan fingerprint density at radius 2 is 2.16 bits per heavy atom. The molecule has 0 saturated carbocycles. The Morgan fingerprint density at radius 3 is 2.74 bits per heavy atom. The Morgan fingerprint density at radius 1 is 1.42 bits per heavy atom. The maximum atomic E-state index is 11.8. The molecule has 0 aliphatic rings. The van der Waals surface area contributed by atoms with Gasteiger partial charge in [0.15, 0.2) is 5.69 Å². The van der Waals surface area contributed by atoms with Gasteiger partial charge in [0.1, 0.15) is 0 Å². The summed E-state index contributed by atoms with van der Waals surface area (Å²) in [5, 5.41) is 8.09. The van der Waals surface area contributed by atoms with Gasteiger partial charge >= 0.3 is 5.97 Å². The largest absolute Gasteiger partial charge is 0.461 e. The van der Waals surface area contributed by atoms with Gasteiger partial charge in [-0.25, -0.2) is 9.48 Å². The maximum absolute atomic E-state index is 11.8. The van der Waals surface area contributed by atoms with E-state index in [4.69, 9.17) is 4.74 Å². The molecular weight excluding hydrogens is 262 g/mol. The molecule has 0 N–H and O–H groups in total. The van der Waals surface area contributed by atoms with Crippen molar-refractivity contribution in [1.82, 2.24) is 15.0 Å². The van der Waals surface area contributed by atoms with Crippen molar-refractivity contribution in [2.45, 2.75) is 40.7 Å². The lowest BCUT2D eigenvalue weighted by Crippen LogP contribution is -2.14. The molecule has 19 heavy (non-hydrogen) atoms. The van der Waals surface area contributed by atoms with Gasteiger partial charge in [0.25, 0.3) is 0 Å². The second kappa shape index (κ2) is 8.19. The predicted octanol–water partition coefficient (Wildman–Crippen LogP) is 2.41. The van der Waals surface area contributed by atoms with E-state index in [0.717, 1.165) is 30.2 Å². The number of hydrogen-bond donors (Lipinski definition) is 0. The average Bonchev–Trinajstić information content (AvgIpc) is 2.72. The molecule has 1 heterocycles. The van der Waals surface area contributed by atoms with Crippen molar-refractivity contribution in [3.8, 4) is 0 Å². The summed E-state index contributed by atoms with van der Waals surface area (Å²) >= 11 is 1.85. The zero-order chi connectivity index (χ0) is 14.3. The summed E-state index contributed by atoms with van der Waals surface area (Å²) < 4.78 is 6.87. The summed E-state index contributed by atoms with van der Waals surface area (Å²) in [4.78, 5) is 11.8. The third-order valence-corrected chi connectivity index (χ3v) is 3.44. The number of carbonyl (C=O) groups excluding carboxylic acids is 1. The molecule has 0 aliphatic carbocycles. The van der Waals surface area contributed by atoms with Gasteiger partial charge in [-0.15, -0.1) is 5.10 Å². The average molecular weight is 285 g/mol. The van der Waals surface area contributed by atoms with Crippen LogP contribution in [0.2, 0.25) is 0 Å². The Balaban J connectivity index is 2.88. The van der Waals surface area contributed by atoms with Crippen molar-refractivity contribution >= 4 is 17.7 Å². The number of ether oxygens (including phenoxy) is 1. The van der Waals surface area contributed by atoms with Crippen molar-refractivity contribution in [1.29, 1.82) is 0 Å². The van der Waals surface area contributed by atoms with Crippen LogP contribution in [-0.2, 0) is 17.7 Å². The quantitative estimate of drug-likeness (QED) is 0.542. The van der Waals surface area contributed by atoms with Crippen LogP contribution in [0.4, 0.5) is 0 Å². The Hall–Kier alpha value is -1.04. The van der Waals surface area contributed by atoms with Crippen molar-refractivity contribution in [2.75, 3.05) is 18.1 Å². The van der Waals surface area contributed by atoms with Gasteiger partial charge in [0, 0.05) is 5.75 Å². The highest BCUT2D eigenvalue weighted by molar-refractivity contribution is 7.99. The predicted molar refractivity (Wildman–Crippen MR) is 77.5 cm³/mol. The molecule has 0 radical (unpaired) electrons. The van der Waals surface area contributed by atoms with E-state index >= 15 is 0 Å². The van der Waals surface area contributed by atoms with Gasteiger partial charge in [0.05, 0.1) is 18.8 Å². The molecule has 0 unspecified atom stereocenters. The number of aromatic nitrogens is 3. The van der Waals surface area contributed by atoms with Crippen LogP contribution >= 0.6 is 11.8 Å². The SMILES string of the molecule is CCOC(=O)c1nnn(CCSCC)c1CC(C)C. The third-order valence-electron chi connectivity index (χ3n) is 2.56. The first-order valence-corrected chi connectivity index (χ1v) is 7.92. The minimum atomic E-state index is -0.368. The van der Waals surface area contributed by atoms with Crippen LogP contribution in [0.25, 0.3) is 0 Å². The molecule has 0 aromatic carbocycles. The van der Waals surface area contributed by atoms with Crippen molar-refractivity contribution in [3.63, 3.8) is 0 Å². The zero-order valence-electron chi connectivity index (χ0n) is 12.2. The summed E-state index contributed by atoms with van der Waals surface area (Å²) in [5.74, 6) is 2.14. The van der Waals surface area contributed by atoms with E-state index in [1.54, 1.807) is 6.92 Å². The van der Waals surface area contributed by atoms with Crippen molar-refractivity contribution in [3.05, 3.63) is 11.4 Å². The fraction of sp³-hybridized carbons (Fsp3) is 0.769. The second-order valence-electron chi connectivity index (χ2n) is 4.62. The van der Waals surface area contributed by atoms with Gasteiger partial charge < -0.3 is 4.74 Å². The van der Waals surface area contributed by atoms with Crippen molar-refractivity contribution in [2.24, 2.45) is 5.92 Å². The number of aryl methyl sites for hydroxylation is 1. The molecule has 0 amide bonds. The van der Waals surface area contributed by atoms with Crippen LogP contribution in [0.5, 0.6) is 0 Å². The fourth-order valence-electron chi connectivity index (χ4n) is 1.75. The minimum absolute atomic E-state index is 0.360. The van der Waals surface area contributed by atoms with Crippen LogP contribution in [0, 0.1) is 5.92 Å². The van der Waals surface area contributed by atoms with Crippen LogP contribution in [0.1, 0.15) is 43.9 Å². The van der Waals surface area contributed by atoms with E-state index in [9.17, 15) is 4.79 Å². The third kappa shape index (κ3) is 4.86. The lowest BCUT2D eigenvalue weighted by molar-refractivity contribution is 0.0518. The van der Waals surface area contributed by atoms with Gasteiger partial charge in [-0.05, 0) is 25.0 Å². The highest BCUT2D eigenvalue weighted by Gasteiger charge is 2.21. The molecule has 5 nitrogen and oxygen atoms in total. The number of nitrogens with zero attached hydrogens (tertiary/aromatic N) is 3. The van der Waals surface area contributed by atoms with E-state index in [-0.39, 0.29) is 5.97 Å². The molecule has 0 spiro atoms. The number of thioether (sulfide) groups is 1. The molecule has 1 aromatic heterocycles. The van der Waals surface area contributed by atoms with Crippen LogP contribution in [0.15, 0.2) is 0 Å². The molecule has 0 fully saturated rings. The standard InChI is InChI=1S/C13H23N3O2S/c1-5-18-13(17)12-11(9-10(3)4)16(15-14-12)7-8-19-6-2/h10H,5-9H2,1-4H3. The molecular formula is C13H23N3O2S. The Bertz CT molecular complexity index is 405. The molecule has 1 aromatic rings. The highest BCUT2D eigenvalue weighted by atomic mass is 32.2. The van der Waals surface area contributed by atoms with E-state index in [2.05, 4.69) is 31.1 Å². The van der Waals surface area contributed by atoms with Gasteiger partial charge in [-0.2, -0.15) is 11.8 Å².